The van der Waals surface area contributed by atoms with Gasteiger partial charge < -0.3 is 10.2 Å². The van der Waals surface area contributed by atoms with Crippen molar-refractivity contribution >= 4 is 22.6 Å². The minimum Gasteiger partial charge on any atom is -0.352 e. The number of benzene rings is 3. The SMILES string of the molecule is Cc1ccc(C)c(CNC(=O)[C@@H]2CCCN(C(=O)Cc3cccc4ccccc34)C2)c1. The highest BCUT2D eigenvalue weighted by Gasteiger charge is 2.28. The molecule has 2 amide bonds. The van der Waals surface area contributed by atoms with E-state index in [1.807, 2.05) is 29.2 Å². The number of rotatable bonds is 5. The van der Waals surface area contributed by atoms with E-state index in [-0.39, 0.29) is 17.7 Å². The monoisotopic (exact) mass is 414 g/mol. The molecule has 1 atom stereocenters. The van der Waals surface area contributed by atoms with Crippen molar-refractivity contribution in [3.05, 3.63) is 82.9 Å². The van der Waals surface area contributed by atoms with Gasteiger partial charge in [0, 0.05) is 19.6 Å². The van der Waals surface area contributed by atoms with Crippen LogP contribution in [0.1, 0.15) is 35.1 Å². The predicted molar refractivity (Wildman–Crippen MR) is 125 cm³/mol. The van der Waals surface area contributed by atoms with E-state index in [9.17, 15) is 9.59 Å². The van der Waals surface area contributed by atoms with E-state index >= 15 is 0 Å². The molecule has 0 bridgehead atoms. The maximum absolute atomic E-state index is 13.0. The van der Waals surface area contributed by atoms with Gasteiger partial charge in [-0.3, -0.25) is 9.59 Å². The maximum atomic E-state index is 13.0. The summed E-state index contributed by atoms with van der Waals surface area (Å²) in [4.78, 5) is 27.7. The number of amides is 2. The number of hydrogen-bond acceptors (Lipinski definition) is 2. The van der Waals surface area contributed by atoms with Gasteiger partial charge in [0.25, 0.3) is 0 Å². The Balaban J connectivity index is 1.38. The lowest BCUT2D eigenvalue weighted by atomic mass is 9.95. The fraction of sp³-hybridized carbons (Fsp3) is 0.333. The van der Waals surface area contributed by atoms with Crippen LogP contribution in [0, 0.1) is 19.8 Å². The summed E-state index contributed by atoms with van der Waals surface area (Å²) in [7, 11) is 0. The van der Waals surface area contributed by atoms with E-state index in [1.165, 1.54) is 11.1 Å². The quantitative estimate of drug-likeness (QED) is 0.666. The molecule has 3 aromatic rings. The topological polar surface area (TPSA) is 49.4 Å². The van der Waals surface area contributed by atoms with Crippen LogP contribution in [0.25, 0.3) is 10.8 Å². The van der Waals surface area contributed by atoms with Crippen LogP contribution in [0.4, 0.5) is 0 Å². The summed E-state index contributed by atoms with van der Waals surface area (Å²) in [5, 5.41) is 5.36. The fourth-order valence-electron chi connectivity index (χ4n) is 4.46. The molecule has 0 aromatic heterocycles. The van der Waals surface area contributed by atoms with Crippen LogP contribution in [-0.2, 0) is 22.6 Å². The van der Waals surface area contributed by atoms with E-state index in [1.54, 1.807) is 0 Å². The number of aryl methyl sites for hydroxylation is 2. The molecular weight excluding hydrogens is 384 g/mol. The van der Waals surface area contributed by atoms with Gasteiger partial charge in [-0.2, -0.15) is 0 Å². The number of piperidine rings is 1. The summed E-state index contributed by atoms with van der Waals surface area (Å²) in [5.74, 6) is 0.00211. The van der Waals surface area contributed by atoms with Gasteiger partial charge in [0.05, 0.1) is 12.3 Å². The molecule has 3 aromatic carbocycles. The number of nitrogens with zero attached hydrogens (tertiary/aromatic N) is 1. The van der Waals surface area contributed by atoms with Gasteiger partial charge in [-0.05, 0) is 54.2 Å². The third-order valence-corrected chi connectivity index (χ3v) is 6.32. The normalized spacial score (nSPS) is 16.3. The summed E-state index contributed by atoms with van der Waals surface area (Å²) in [6.45, 7) is 5.89. The number of likely N-dealkylation sites (tertiary alicyclic amines) is 1. The van der Waals surface area contributed by atoms with Crippen molar-refractivity contribution in [3.8, 4) is 0 Å². The summed E-state index contributed by atoms with van der Waals surface area (Å²) in [6.07, 6.45) is 2.07. The van der Waals surface area contributed by atoms with Gasteiger partial charge in [-0.15, -0.1) is 0 Å². The van der Waals surface area contributed by atoms with E-state index in [0.29, 0.717) is 19.5 Å². The standard InChI is InChI=1S/C27H30N2O2/c1-19-12-13-20(2)24(15-19)17-28-27(31)23-10-6-14-29(18-23)26(30)16-22-9-5-8-21-7-3-4-11-25(21)22/h3-5,7-9,11-13,15,23H,6,10,14,16-18H2,1-2H3,(H,28,31)/t23-/m1/s1. The van der Waals surface area contributed by atoms with Crippen LogP contribution < -0.4 is 5.32 Å². The van der Waals surface area contributed by atoms with E-state index in [0.717, 1.165) is 41.3 Å². The van der Waals surface area contributed by atoms with Crippen molar-refractivity contribution in [3.63, 3.8) is 0 Å². The molecule has 4 rings (SSSR count). The number of carbonyl (C=O) groups is 2. The second-order valence-corrected chi connectivity index (χ2v) is 8.64. The van der Waals surface area contributed by atoms with Crippen molar-refractivity contribution in [1.82, 2.24) is 10.2 Å². The van der Waals surface area contributed by atoms with Crippen molar-refractivity contribution in [2.75, 3.05) is 13.1 Å². The fourth-order valence-corrected chi connectivity index (χ4v) is 4.46. The Morgan fingerprint density at radius 1 is 1.00 bits per heavy atom. The van der Waals surface area contributed by atoms with Crippen molar-refractivity contribution < 1.29 is 9.59 Å². The molecule has 1 saturated heterocycles. The highest BCUT2D eigenvalue weighted by molar-refractivity contribution is 5.90. The lowest BCUT2D eigenvalue weighted by Crippen LogP contribution is -2.45. The Kier molecular flexibility index (Phi) is 6.36. The van der Waals surface area contributed by atoms with E-state index < -0.39 is 0 Å². The number of fused-ring (bicyclic) bond motifs is 1. The molecule has 0 radical (unpaired) electrons. The average molecular weight is 415 g/mol. The second kappa shape index (κ2) is 9.34. The molecule has 0 saturated carbocycles. The van der Waals surface area contributed by atoms with Crippen LogP contribution in [0.5, 0.6) is 0 Å². The average Bonchev–Trinajstić information content (AvgIpc) is 2.79. The largest absolute Gasteiger partial charge is 0.352 e. The Bertz CT molecular complexity index is 1100. The maximum Gasteiger partial charge on any atom is 0.227 e. The zero-order valence-electron chi connectivity index (χ0n) is 18.4. The first-order valence-electron chi connectivity index (χ1n) is 11.1. The molecule has 1 aliphatic heterocycles. The molecule has 0 aliphatic carbocycles. The number of nitrogens with one attached hydrogen (secondary N) is 1. The zero-order chi connectivity index (χ0) is 21.8. The number of hydrogen-bond donors (Lipinski definition) is 1. The molecular formula is C27H30N2O2. The first-order chi connectivity index (χ1) is 15.0. The first kappa shape index (κ1) is 21.1. The second-order valence-electron chi connectivity index (χ2n) is 8.64. The van der Waals surface area contributed by atoms with E-state index in [4.69, 9.17) is 0 Å². The highest BCUT2D eigenvalue weighted by Crippen LogP contribution is 2.22. The van der Waals surface area contributed by atoms with Crippen molar-refractivity contribution in [1.29, 1.82) is 0 Å². The Morgan fingerprint density at radius 2 is 1.81 bits per heavy atom. The van der Waals surface area contributed by atoms with Crippen LogP contribution >= 0.6 is 0 Å². The molecule has 1 N–H and O–H groups in total. The summed E-state index contributed by atoms with van der Waals surface area (Å²) < 4.78 is 0. The van der Waals surface area contributed by atoms with Crippen LogP contribution in [-0.4, -0.2) is 29.8 Å². The summed E-state index contributed by atoms with van der Waals surface area (Å²) >= 11 is 0. The lowest BCUT2D eigenvalue weighted by molar-refractivity contribution is -0.135. The minimum atomic E-state index is -0.143. The van der Waals surface area contributed by atoms with Crippen LogP contribution in [0.3, 0.4) is 0 Å². The molecule has 4 nitrogen and oxygen atoms in total. The van der Waals surface area contributed by atoms with Gasteiger partial charge in [0.1, 0.15) is 0 Å². The van der Waals surface area contributed by atoms with Gasteiger partial charge >= 0.3 is 0 Å². The Morgan fingerprint density at radius 3 is 2.68 bits per heavy atom. The van der Waals surface area contributed by atoms with Crippen molar-refractivity contribution in [2.24, 2.45) is 5.92 Å². The minimum absolute atomic E-state index is 0.0450. The van der Waals surface area contributed by atoms with Crippen LogP contribution in [0.2, 0.25) is 0 Å². The van der Waals surface area contributed by atoms with Gasteiger partial charge in [-0.25, -0.2) is 0 Å². The lowest BCUT2D eigenvalue weighted by Gasteiger charge is -2.32. The third-order valence-electron chi connectivity index (χ3n) is 6.32. The van der Waals surface area contributed by atoms with Gasteiger partial charge in [0.15, 0.2) is 0 Å². The first-order valence-corrected chi connectivity index (χ1v) is 11.1. The Hall–Kier alpha value is -3.14. The van der Waals surface area contributed by atoms with E-state index in [2.05, 4.69) is 55.6 Å². The molecule has 0 unspecified atom stereocenters. The molecule has 1 fully saturated rings. The zero-order valence-corrected chi connectivity index (χ0v) is 18.4. The predicted octanol–water partition coefficient (Wildman–Crippen LogP) is 4.55. The number of carbonyl (C=O) groups excluding carboxylic acids is 2. The summed E-state index contributed by atoms with van der Waals surface area (Å²) in [6, 6.07) is 20.6. The molecule has 1 aliphatic rings. The van der Waals surface area contributed by atoms with Crippen molar-refractivity contribution in [2.45, 2.75) is 39.7 Å². The molecule has 160 valence electrons. The Labute approximate surface area is 184 Å². The van der Waals surface area contributed by atoms with Crippen LogP contribution in [0.15, 0.2) is 60.7 Å². The molecule has 31 heavy (non-hydrogen) atoms. The summed E-state index contributed by atoms with van der Waals surface area (Å²) in [5.41, 5.74) is 4.57. The molecule has 1 heterocycles. The van der Waals surface area contributed by atoms with Gasteiger partial charge in [-0.1, -0.05) is 66.2 Å². The van der Waals surface area contributed by atoms with Gasteiger partial charge in [0.2, 0.25) is 11.8 Å². The smallest absolute Gasteiger partial charge is 0.227 e. The third kappa shape index (κ3) is 4.96. The highest BCUT2D eigenvalue weighted by atomic mass is 16.2. The molecule has 0 spiro atoms. The molecule has 4 heteroatoms.